The standard InChI is InChI=1S/C8H15O5P/c1-3-8(9)13-7(2)5-4-6-12-14(10)11/h3,7,14H,1,4-6H2,2H3,(H,10,11). The summed E-state index contributed by atoms with van der Waals surface area (Å²) < 4.78 is 19.5. The Morgan fingerprint density at radius 1 is 1.71 bits per heavy atom. The third-order valence-electron chi connectivity index (χ3n) is 1.46. The molecular weight excluding hydrogens is 207 g/mol. The van der Waals surface area contributed by atoms with Crippen LogP contribution < -0.4 is 0 Å². The zero-order chi connectivity index (χ0) is 11.0. The molecule has 0 aromatic rings. The summed E-state index contributed by atoms with van der Waals surface area (Å²) >= 11 is 0. The molecule has 0 aliphatic carbocycles. The molecule has 0 spiro atoms. The number of carbonyl (C=O) groups is 1. The Labute approximate surface area is 83.7 Å². The zero-order valence-electron chi connectivity index (χ0n) is 8.06. The second kappa shape index (κ2) is 7.74. The predicted octanol–water partition coefficient (Wildman–Crippen LogP) is 1.28. The van der Waals surface area contributed by atoms with Crippen molar-refractivity contribution in [2.45, 2.75) is 25.9 Å². The molecule has 0 radical (unpaired) electrons. The minimum Gasteiger partial charge on any atom is -0.460 e. The summed E-state index contributed by atoms with van der Waals surface area (Å²) in [6, 6.07) is 0. The van der Waals surface area contributed by atoms with Crippen LogP contribution in [-0.4, -0.2) is 23.6 Å². The molecular formula is C8H15O5P. The molecule has 2 atom stereocenters. The number of ether oxygens (including phenoxy) is 1. The van der Waals surface area contributed by atoms with Crippen LogP contribution in [0.15, 0.2) is 12.7 Å². The van der Waals surface area contributed by atoms with Crippen LogP contribution in [-0.2, 0) is 18.6 Å². The molecule has 0 heterocycles. The van der Waals surface area contributed by atoms with E-state index in [1.54, 1.807) is 6.92 Å². The second-order valence-corrected chi connectivity index (χ2v) is 3.53. The molecule has 0 bridgehead atoms. The van der Waals surface area contributed by atoms with Gasteiger partial charge in [-0.2, -0.15) is 0 Å². The van der Waals surface area contributed by atoms with Gasteiger partial charge in [-0.1, -0.05) is 6.58 Å². The molecule has 0 aromatic carbocycles. The Morgan fingerprint density at radius 3 is 2.86 bits per heavy atom. The first-order chi connectivity index (χ1) is 6.56. The van der Waals surface area contributed by atoms with Crippen molar-refractivity contribution in [2.24, 2.45) is 0 Å². The lowest BCUT2D eigenvalue weighted by Gasteiger charge is -2.10. The first kappa shape index (κ1) is 13.4. The molecule has 0 aliphatic heterocycles. The van der Waals surface area contributed by atoms with Crippen molar-refractivity contribution in [3.63, 3.8) is 0 Å². The van der Waals surface area contributed by atoms with Gasteiger partial charge >= 0.3 is 14.2 Å². The highest BCUT2D eigenvalue weighted by atomic mass is 31.1. The third-order valence-corrected chi connectivity index (χ3v) is 1.92. The van der Waals surface area contributed by atoms with E-state index in [0.29, 0.717) is 12.8 Å². The number of hydrogen-bond donors (Lipinski definition) is 1. The maximum atomic E-state index is 10.7. The van der Waals surface area contributed by atoms with Gasteiger partial charge in [0.05, 0.1) is 12.7 Å². The molecule has 0 saturated heterocycles. The molecule has 82 valence electrons. The zero-order valence-corrected chi connectivity index (χ0v) is 9.06. The quantitative estimate of drug-likeness (QED) is 0.304. The number of carbonyl (C=O) groups excluding carboxylic acids is 1. The Morgan fingerprint density at radius 2 is 2.36 bits per heavy atom. The van der Waals surface area contributed by atoms with Gasteiger partial charge in [-0.25, -0.2) is 4.79 Å². The van der Waals surface area contributed by atoms with Crippen molar-refractivity contribution in [1.29, 1.82) is 0 Å². The van der Waals surface area contributed by atoms with Gasteiger partial charge in [0.2, 0.25) is 0 Å². The van der Waals surface area contributed by atoms with Crippen LogP contribution in [0, 0.1) is 0 Å². The van der Waals surface area contributed by atoms with E-state index >= 15 is 0 Å². The molecule has 14 heavy (non-hydrogen) atoms. The first-order valence-corrected chi connectivity index (χ1v) is 5.51. The van der Waals surface area contributed by atoms with E-state index < -0.39 is 14.2 Å². The van der Waals surface area contributed by atoms with Gasteiger partial charge in [-0.05, 0) is 19.8 Å². The smallest absolute Gasteiger partial charge is 0.330 e. The highest BCUT2D eigenvalue weighted by molar-refractivity contribution is 7.32. The van der Waals surface area contributed by atoms with Crippen LogP contribution in [0.4, 0.5) is 0 Å². The molecule has 5 nitrogen and oxygen atoms in total. The van der Waals surface area contributed by atoms with Crippen LogP contribution in [0.5, 0.6) is 0 Å². The highest BCUT2D eigenvalue weighted by Crippen LogP contribution is 2.15. The molecule has 6 heteroatoms. The van der Waals surface area contributed by atoms with Crippen molar-refractivity contribution in [3.8, 4) is 0 Å². The minimum absolute atomic E-state index is 0.199. The Bertz CT molecular complexity index is 216. The average Bonchev–Trinajstić information content (AvgIpc) is 2.12. The Kier molecular flexibility index (Phi) is 7.38. The molecule has 2 unspecified atom stereocenters. The first-order valence-electron chi connectivity index (χ1n) is 4.25. The number of esters is 1. The fourth-order valence-corrected chi connectivity index (χ4v) is 1.15. The van der Waals surface area contributed by atoms with E-state index in [4.69, 9.17) is 9.63 Å². The summed E-state index contributed by atoms with van der Waals surface area (Å²) in [7, 11) is -2.83. The fourth-order valence-electron chi connectivity index (χ4n) is 0.836. The van der Waals surface area contributed by atoms with Crippen LogP contribution in [0.3, 0.4) is 0 Å². The normalized spacial score (nSPS) is 14.4. The van der Waals surface area contributed by atoms with Crippen molar-refractivity contribution in [1.82, 2.24) is 0 Å². The van der Waals surface area contributed by atoms with Crippen LogP contribution >= 0.6 is 8.25 Å². The molecule has 0 rings (SSSR count). The van der Waals surface area contributed by atoms with E-state index in [0.717, 1.165) is 6.08 Å². The Hall–Kier alpha value is -0.640. The van der Waals surface area contributed by atoms with Crippen molar-refractivity contribution >= 4 is 14.2 Å². The van der Waals surface area contributed by atoms with E-state index in [-0.39, 0.29) is 12.7 Å². The van der Waals surface area contributed by atoms with E-state index in [2.05, 4.69) is 11.1 Å². The van der Waals surface area contributed by atoms with E-state index in [9.17, 15) is 9.36 Å². The fraction of sp³-hybridized carbons (Fsp3) is 0.625. The van der Waals surface area contributed by atoms with Crippen LogP contribution in [0.2, 0.25) is 0 Å². The molecule has 0 saturated carbocycles. The average molecular weight is 222 g/mol. The van der Waals surface area contributed by atoms with E-state index in [1.165, 1.54) is 0 Å². The van der Waals surface area contributed by atoms with Gasteiger partial charge in [0.25, 0.3) is 0 Å². The van der Waals surface area contributed by atoms with Crippen molar-refractivity contribution in [3.05, 3.63) is 12.7 Å². The molecule has 1 N–H and O–H groups in total. The lowest BCUT2D eigenvalue weighted by Crippen LogP contribution is -2.13. The molecule has 0 aliphatic rings. The minimum atomic E-state index is -2.83. The summed E-state index contributed by atoms with van der Waals surface area (Å²) in [6.45, 7) is 5.20. The highest BCUT2D eigenvalue weighted by Gasteiger charge is 2.05. The second-order valence-electron chi connectivity index (χ2n) is 2.71. The SMILES string of the molecule is C=CC(=O)OC(C)CCCO[PH](=O)O. The predicted molar refractivity (Wildman–Crippen MR) is 52.2 cm³/mol. The summed E-state index contributed by atoms with van der Waals surface area (Å²) in [6.07, 6.45) is 2.03. The van der Waals surface area contributed by atoms with Gasteiger partial charge in [-0.15, -0.1) is 0 Å². The van der Waals surface area contributed by atoms with Crippen molar-refractivity contribution in [2.75, 3.05) is 6.61 Å². The lowest BCUT2D eigenvalue weighted by atomic mass is 10.2. The molecule has 0 amide bonds. The lowest BCUT2D eigenvalue weighted by molar-refractivity contribution is -0.142. The van der Waals surface area contributed by atoms with Crippen LogP contribution in [0.1, 0.15) is 19.8 Å². The van der Waals surface area contributed by atoms with Gasteiger partial charge in [0.1, 0.15) is 0 Å². The van der Waals surface area contributed by atoms with E-state index in [1.807, 2.05) is 0 Å². The number of rotatable bonds is 7. The Balaban J connectivity index is 3.44. The molecule has 0 aromatic heterocycles. The maximum Gasteiger partial charge on any atom is 0.330 e. The third kappa shape index (κ3) is 7.98. The van der Waals surface area contributed by atoms with Gasteiger partial charge in [-0.3, -0.25) is 4.57 Å². The maximum absolute atomic E-state index is 10.7. The summed E-state index contributed by atoms with van der Waals surface area (Å²) in [5, 5.41) is 0. The van der Waals surface area contributed by atoms with Gasteiger partial charge in [0.15, 0.2) is 0 Å². The van der Waals surface area contributed by atoms with Gasteiger partial charge < -0.3 is 14.2 Å². The van der Waals surface area contributed by atoms with Crippen molar-refractivity contribution < 1.29 is 23.5 Å². The molecule has 0 fully saturated rings. The largest absolute Gasteiger partial charge is 0.460 e. The monoisotopic (exact) mass is 222 g/mol. The topological polar surface area (TPSA) is 72.8 Å². The van der Waals surface area contributed by atoms with Gasteiger partial charge in [0, 0.05) is 6.08 Å². The van der Waals surface area contributed by atoms with Crippen LogP contribution in [0.25, 0.3) is 0 Å². The number of hydrogen-bond acceptors (Lipinski definition) is 4. The summed E-state index contributed by atoms with van der Waals surface area (Å²) in [5.41, 5.74) is 0. The summed E-state index contributed by atoms with van der Waals surface area (Å²) in [5.74, 6) is -0.464. The summed E-state index contributed by atoms with van der Waals surface area (Å²) in [4.78, 5) is 19.0.